The molecule has 0 aliphatic heterocycles. The summed E-state index contributed by atoms with van der Waals surface area (Å²) in [5.41, 5.74) is 1.42. The molecule has 0 aliphatic carbocycles. The van der Waals surface area contributed by atoms with Crippen molar-refractivity contribution in [3.05, 3.63) is 70.4 Å². The summed E-state index contributed by atoms with van der Waals surface area (Å²) in [4.78, 5) is 0.894. The molecule has 3 aromatic rings. The minimum absolute atomic E-state index is 0.506. The summed E-state index contributed by atoms with van der Waals surface area (Å²) in [6.07, 6.45) is 0. The molecule has 0 fully saturated rings. The van der Waals surface area contributed by atoms with Crippen LogP contribution in [0.2, 0.25) is 0 Å². The number of benzene rings is 2. The Morgan fingerprint density at radius 2 is 1.80 bits per heavy atom. The molecule has 0 bridgehead atoms. The molecule has 0 N–H and O–H groups in total. The second-order valence-corrected chi connectivity index (χ2v) is 5.63. The van der Waals surface area contributed by atoms with Crippen LogP contribution in [0, 0.1) is 11.3 Å². The topological polar surface area (TPSA) is 23.8 Å². The fraction of sp³-hybridized carbons (Fsp3) is 0. The van der Waals surface area contributed by atoms with E-state index in [4.69, 9.17) is 11.6 Å². The maximum absolute atomic E-state index is 9.42. The molecule has 3 rings (SSSR count). The number of nitrogens with zero attached hydrogens (tertiary/aromatic N) is 1. The number of nitriles is 1. The van der Waals surface area contributed by atoms with Crippen molar-refractivity contribution < 1.29 is 0 Å². The molecule has 0 atom stereocenters. The van der Waals surface area contributed by atoms with Crippen molar-refractivity contribution >= 4 is 44.3 Å². The Balaban J connectivity index is 2.27. The quantitative estimate of drug-likeness (QED) is 0.570. The SMILES string of the molecule is N#CC(=C(Cl)c1cccc2ccccc12)c1cccs1. The van der Waals surface area contributed by atoms with Gasteiger partial charge in [0.25, 0.3) is 0 Å². The molecular formula is C17H10ClNS. The molecule has 0 aliphatic rings. The summed E-state index contributed by atoms with van der Waals surface area (Å²) in [7, 11) is 0. The first-order valence-corrected chi connectivity index (χ1v) is 7.39. The van der Waals surface area contributed by atoms with Gasteiger partial charge in [0.2, 0.25) is 0 Å². The van der Waals surface area contributed by atoms with Crippen LogP contribution in [0.1, 0.15) is 10.4 Å². The zero-order valence-corrected chi connectivity index (χ0v) is 12.1. The molecule has 3 heteroatoms. The van der Waals surface area contributed by atoms with Crippen LogP contribution in [0.5, 0.6) is 0 Å². The Morgan fingerprint density at radius 1 is 1.00 bits per heavy atom. The van der Waals surface area contributed by atoms with E-state index < -0.39 is 0 Å². The second kappa shape index (κ2) is 5.50. The summed E-state index contributed by atoms with van der Waals surface area (Å²) < 4.78 is 0. The van der Waals surface area contributed by atoms with Gasteiger partial charge in [-0.25, -0.2) is 0 Å². The van der Waals surface area contributed by atoms with E-state index in [2.05, 4.69) is 6.07 Å². The number of halogens is 1. The molecule has 1 aromatic heterocycles. The predicted molar refractivity (Wildman–Crippen MR) is 86.5 cm³/mol. The Morgan fingerprint density at radius 3 is 2.55 bits per heavy atom. The average molecular weight is 296 g/mol. The molecule has 0 unspecified atom stereocenters. The van der Waals surface area contributed by atoms with Crippen LogP contribution in [0.4, 0.5) is 0 Å². The molecule has 20 heavy (non-hydrogen) atoms. The van der Waals surface area contributed by atoms with Gasteiger partial charge in [0.05, 0.1) is 10.6 Å². The highest BCUT2D eigenvalue weighted by Crippen LogP contribution is 2.35. The van der Waals surface area contributed by atoms with E-state index in [-0.39, 0.29) is 0 Å². The van der Waals surface area contributed by atoms with Crippen LogP contribution in [0.15, 0.2) is 60.0 Å². The first-order chi connectivity index (χ1) is 9.81. The van der Waals surface area contributed by atoms with Gasteiger partial charge >= 0.3 is 0 Å². The van der Waals surface area contributed by atoms with Gasteiger partial charge < -0.3 is 0 Å². The Labute approximate surface area is 126 Å². The standard InChI is InChI=1S/C17H10ClNS/c18-17(15(11-19)16-9-4-10-20-16)14-8-3-6-12-5-1-2-7-13(12)14/h1-10H. The van der Waals surface area contributed by atoms with Gasteiger partial charge in [-0.2, -0.15) is 5.26 Å². The van der Waals surface area contributed by atoms with Crippen molar-refractivity contribution in [3.63, 3.8) is 0 Å². The first kappa shape index (κ1) is 12.9. The van der Waals surface area contributed by atoms with Crippen LogP contribution >= 0.6 is 22.9 Å². The molecular weight excluding hydrogens is 286 g/mol. The van der Waals surface area contributed by atoms with Crippen LogP contribution in [0.3, 0.4) is 0 Å². The number of hydrogen-bond acceptors (Lipinski definition) is 2. The minimum atomic E-state index is 0.506. The van der Waals surface area contributed by atoms with Crippen molar-refractivity contribution in [1.29, 1.82) is 5.26 Å². The number of fused-ring (bicyclic) bond motifs is 1. The van der Waals surface area contributed by atoms with Gasteiger partial charge in [-0.15, -0.1) is 11.3 Å². The van der Waals surface area contributed by atoms with E-state index in [1.807, 2.05) is 60.0 Å². The minimum Gasteiger partial charge on any atom is -0.192 e. The molecule has 1 heterocycles. The van der Waals surface area contributed by atoms with Gasteiger partial charge in [0.15, 0.2) is 0 Å². The van der Waals surface area contributed by atoms with E-state index >= 15 is 0 Å². The zero-order chi connectivity index (χ0) is 13.9. The predicted octanol–water partition coefficient (Wildman–Crippen LogP) is 5.53. The lowest BCUT2D eigenvalue weighted by Crippen LogP contribution is -1.85. The second-order valence-electron chi connectivity index (χ2n) is 4.30. The molecule has 0 amide bonds. The average Bonchev–Trinajstić information content (AvgIpc) is 3.01. The van der Waals surface area contributed by atoms with Crippen molar-refractivity contribution in [3.8, 4) is 6.07 Å². The lowest BCUT2D eigenvalue weighted by molar-refractivity contribution is 1.54. The van der Waals surface area contributed by atoms with E-state index in [9.17, 15) is 5.26 Å². The maximum Gasteiger partial charge on any atom is 0.102 e. The molecule has 0 saturated heterocycles. The monoisotopic (exact) mass is 295 g/mol. The summed E-state index contributed by atoms with van der Waals surface area (Å²) in [6.45, 7) is 0. The maximum atomic E-state index is 9.42. The Kier molecular flexibility index (Phi) is 3.56. The van der Waals surface area contributed by atoms with Crippen molar-refractivity contribution in [2.45, 2.75) is 0 Å². The van der Waals surface area contributed by atoms with Gasteiger partial charge in [0.1, 0.15) is 6.07 Å². The van der Waals surface area contributed by atoms with Crippen LogP contribution in [-0.2, 0) is 0 Å². The first-order valence-electron chi connectivity index (χ1n) is 6.13. The summed E-state index contributed by atoms with van der Waals surface area (Å²) in [5, 5.41) is 14.0. The third-order valence-corrected chi connectivity index (χ3v) is 4.40. The molecule has 96 valence electrons. The third-order valence-electron chi connectivity index (χ3n) is 3.12. The van der Waals surface area contributed by atoms with E-state index in [1.54, 1.807) is 0 Å². The summed E-state index contributed by atoms with van der Waals surface area (Å²) in [6, 6.07) is 20.1. The third kappa shape index (κ3) is 2.22. The van der Waals surface area contributed by atoms with Gasteiger partial charge in [0, 0.05) is 10.4 Å². The fourth-order valence-electron chi connectivity index (χ4n) is 2.18. The molecule has 0 radical (unpaired) electrons. The normalized spacial score (nSPS) is 12.0. The molecule has 0 spiro atoms. The smallest absolute Gasteiger partial charge is 0.102 e. The number of rotatable bonds is 2. The highest BCUT2D eigenvalue weighted by Gasteiger charge is 2.12. The lowest BCUT2D eigenvalue weighted by Gasteiger charge is -2.07. The molecule has 2 aromatic carbocycles. The fourth-order valence-corrected chi connectivity index (χ4v) is 3.28. The van der Waals surface area contributed by atoms with Crippen molar-refractivity contribution in [2.24, 2.45) is 0 Å². The summed E-state index contributed by atoms with van der Waals surface area (Å²) in [5.74, 6) is 0. The van der Waals surface area contributed by atoms with Crippen LogP contribution in [-0.4, -0.2) is 0 Å². The lowest BCUT2D eigenvalue weighted by atomic mass is 10.0. The number of hydrogen-bond donors (Lipinski definition) is 0. The van der Waals surface area contributed by atoms with E-state index in [1.165, 1.54) is 11.3 Å². The Bertz CT molecular complexity index is 820. The van der Waals surface area contributed by atoms with E-state index in [0.717, 1.165) is 21.2 Å². The molecule has 0 saturated carbocycles. The van der Waals surface area contributed by atoms with Crippen LogP contribution < -0.4 is 0 Å². The zero-order valence-electron chi connectivity index (χ0n) is 10.5. The van der Waals surface area contributed by atoms with Crippen molar-refractivity contribution in [1.82, 2.24) is 0 Å². The van der Waals surface area contributed by atoms with Gasteiger partial charge in [-0.05, 0) is 22.2 Å². The van der Waals surface area contributed by atoms with Gasteiger partial charge in [-0.1, -0.05) is 60.1 Å². The summed E-state index contributed by atoms with van der Waals surface area (Å²) >= 11 is 8.03. The number of thiophene rings is 1. The van der Waals surface area contributed by atoms with Crippen LogP contribution in [0.25, 0.3) is 21.4 Å². The van der Waals surface area contributed by atoms with Gasteiger partial charge in [-0.3, -0.25) is 0 Å². The van der Waals surface area contributed by atoms with Crippen molar-refractivity contribution in [2.75, 3.05) is 0 Å². The highest BCUT2D eigenvalue weighted by atomic mass is 35.5. The molecule has 1 nitrogen and oxygen atoms in total. The largest absolute Gasteiger partial charge is 0.192 e. The van der Waals surface area contributed by atoms with E-state index in [0.29, 0.717) is 10.6 Å². The highest BCUT2D eigenvalue weighted by molar-refractivity contribution is 7.11. The number of allylic oxidation sites excluding steroid dienone is 1. The Hall–Kier alpha value is -2.08.